The van der Waals surface area contributed by atoms with Gasteiger partial charge in [0, 0.05) is 12.6 Å². The molecule has 0 saturated heterocycles. The van der Waals surface area contributed by atoms with E-state index in [0.29, 0.717) is 11.3 Å². The number of anilines is 3. The third kappa shape index (κ3) is 3.25. The summed E-state index contributed by atoms with van der Waals surface area (Å²) in [5, 5.41) is 5.80. The minimum atomic E-state index is -0.165. The number of hydrogen-bond acceptors (Lipinski definition) is 4. The Morgan fingerprint density at radius 1 is 1.14 bits per heavy atom. The second kappa shape index (κ2) is 6.17. The third-order valence-electron chi connectivity index (χ3n) is 3.17. The third-order valence-corrected chi connectivity index (χ3v) is 3.17. The van der Waals surface area contributed by atoms with Gasteiger partial charge >= 0.3 is 0 Å². The van der Waals surface area contributed by atoms with Gasteiger partial charge in [0.15, 0.2) is 0 Å². The topological polar surface area (TPSA) is 76.4 Å². The van der Waals surface area contributed by atoms with Crippen LogP contribution in [0.2, 0.25) is 0 Å². The van der Waals surface area contributed by atoms with Gasteiger partial charge in [0.2, 0.25) is 0 Å². The molecule has 0 fully saturated rings. The number of nitrogen functional groups attached to an aromatic ring is 1. The van der Waals surface area contributed by atoms with Crippen molar-refractivity contribution in [3.05, 3.63) is 47.5 Å². The van der Waals surface area contributed by atoms with Gasteiger partial charge in [0.25, 0.3) is 5.91 Å². The van der Waals surface area contributed by atoms with E-state index in [1.165, 1.54) is 0 Å². The summed E-state index contributed by atoms with van der Waals surface area (Å²) < 4.78 is 5.32. The second-order valence-electron chi connectivity index (χ2n) is 4.71. The van der Waals surface area contributed by atoms with Crippen molar-refractivity contribution >= 4 is 23.0 Å². The SMILES string of the molecule is CNC(=O)c1ccc(Nc2cc(C)ccc2OC)c(N)c1. The van der Waals surface area contributed by atoms with E-state index in [9.17, 15) is 4.79 Å². The molecule has 4 N–H and O–H groups in total. The van der Waals surface area contributed by atoms with E-state index in [-0.39, 0.29) is 5.91 Å². The minimum Gasteiger partial charge on any atom is -0.495 e. The molecule has 0 aromatic heterocycles. The van der Waals surface area contributed by atoms with Gasteiger partial charge in [-0.1, -0.05) is 6.07 Å². The number of carbonyl (C=O) groups is 1. The Bertz CT molecular complexity index is 669. The quantitative estimate of drug-likeness (QED) is 0.755. The number of rotatable bonds is 4. The van der Waals surface area contributed by atoms with Gasteiger partial charge in [-0.3, -0.25) is 4.79 Å². The maximum atomic E-state index is 11.6. The summed E-state index contributed by atoms with van der Waals surface area (Å²) in [6, 6.07) is 11.0. The van der Waals surface area contributed by atoms with Crippen molar-refractivity contribution in [2.24, 2.45) is 0 Å². The molecule has 0 radical (unpaired) electrons. The summed E-state index contributed by atoms with van der Waals surface area (Å²) in [5.74, 6) is 0.566. The fraction of sp³-hybridized carbons (Fsp3) is 0.188. The molecule has 0 aliphatic rings. The monoisotopic (exact) mass is 285 g/mol. The van der Waals surface area contributed by atoms with Crippen molar-refractivity contribution in [2.75, 3.05) is 25.2 Å². The predicted octanol–water partition coefficient (Wildman–Crippen LogP) is 2.69. The molecule has 5 nitrogen and oxygen atoms in total. The lowest BCUT2D eigenvalue weighted by Crippen LogP contribution is -2.18. The molecule has 0 saturated carbocycles. The summed E-state index contributed by atoms with van der Waals surface area (Å²) in [5.41, 5.74) is 9.70. The van der Waals surface area contributed by atoms with Crippen molar-refractivity contribution in [1.82, 2.24) is 5.32 Å². The Morgan fingerprint density at radius 3 is 2.52 bits per heavy atom. The Hall–Kier alpha value is -2.69. The number of aryl methyl sites for hydroxylation is 1. The maximum absolute atomic E-state index is 11.6. The van der Waals surface area contributed by atoms with Crippen LogP contribution in [0.4, 0.5) is 17.1 Å². The molecule has 0 bridgehead atoms. The summed E-state index contributed by atoms with van der Waals surface area (Å²) >= 11 is 0. The number of hydrogen-bond donors (Lipinski definition) is 3. The van der Waals surface area contributed by atoms with Gasteiger partial charge in [-0.05, 0) is 42.8 Å². The van der Waals surface area contributed by atoms with Crippen LogP contribution in [-0.2, 0) is 0 Å². The highest BCUT2D eigenvalue weighted by atomic mass is 16.5. The number of nitrogens with two attached hydrogens (primary N) is 1. The highest BCUT2D eigenvalue weighted by Crippen LogP contribution is 2.31. The van der Waals surface area contributed by atoms with E-state index < -0.39 is 0 Å². The van der Waals surface area contributed by atoms with Crippen molar-refractivity contribution in [3.8, 4) is 5.75 Å². The Labute approximate surface area is 124 Å². The van der Waals surface area contributed by atoms with Crippen LogP contribution in [0.3, 0.4) is 0 Å². The van der Waals surface area contributed by atoms with Crippen LogP contribution in [0.15, 0.2) is 36.4 Å². The molecule has 2 rings (SSSR count). The van der Waals surface area contributed by atoms with E-state index >= 15 is 0 Å². The fourth-order valence-electron chi connectivity index (χ4n) is 2.03. The minimum absolute atomic E-state index is 0.165. The number of benzene rings is 2. The molecule has 5 heteroatoms. The van der Waals surface area contributed by atoms with Gasteiger partial charge in [0.1, 0.15) is 5.75 Å². The zero-order valence-electron chi connectivity index (χ0n) is 12.4. The lowest BCUT2D eigenvalue weighted by atomic mass is 10.1. The number of ether oxygens (including phenoxy) is 1. The lowest BCUT2D eigenvalue weighted by molar-refractivity contribution is 0.0963. The van der Waals surface area contributed by atoms with Crippen LogP contribution < -0.4 is 21.1 Å². The molecule has 0 spiro atoms. The molecule has 0 atom stereocenters. The summed E-state index contributed by atoms with van der Waals surface area (Å²) in [6.45, 7) is 2.00. The molecule has 110 valence electrons. The largest absolute Gasteiger partial charge is 0.495 e. The zero-order chi connectivity index (χ0) is 15.4. The van der Waals surface area contributed by atoms with Crippen molar-refractivity contribution < 1.29 is 9.53 Å². The summed E-state index contributed by atoms with van der Waals surface area (Å²) in [4.78, 5) is 11.6. The van der Waals surface area contributed by atoms with Crippen LogP contribution in [0.25, 0.3) is 0 Å². The first-order chi connectivity index (χ1) is 10.0. The zero-order valence-corrected chi connectivity index (χ0v) is 12.4. The average Bonchev–Trinajstić information content (AvgIpc) is 2.48. The van der Waals surface area contributed by atoms with Gasteiger partial charge < -0.3 is 21.1 Å². The van der Waals surface area contributed by atoms with Crippen LogP contribution in [0, 0.1) is 6.92 Å². The normalized spacial score (nSPS) is 10.0. The van der Waals surface area contributed by atoms with Gasteiger partial charge in [0.05, 0.1) is 24.2 Å². The van der Waals surface area contributed by atoms with Gasteiger partial charge in [-0.15, -0.1) is 0 Å². The first kappa shape index (κ1) is 14.7. The molecule has 1 amide bonds. The molecule has 0 aliphatic heterocycles. The second-order valence-corrected chi connectivity index (χ2v) is 4.71. The highest BCUT2D eigenvalue weighted by molar-refractivity contribution is 5.96. The van der Waals surface area contributed by atoms with Crippen molar-refractivity contribution in [1.29, 1.82) is 0 Å². The number of amides is 1. The lowest BCUT2D eigenvalue weighted by Gasteiger charge is -2.14. The van der Waals surface area contributed by atoms with E-state index in [0.717, 1.165) is 22.7 Å². The van der Waals surface area contributed by atoms with E-state index in [1.54, 1.807) is 32.4 Å². The molecule has 2 aromatic carbocycles. The summed E-state index contributed by atoms with van der Waals surface area (Å²) in [7, 11) is 3.20. The number of nitrogens with one attached hydrogen (secondary N) is 2. The standard InChI is InChI=1S/C16H19N3O2/c1-10-4-7-15(21-3)14(8-10)19-13-6-5-11(9-12(13)17)16(20)18-2/h4-9,19H,17H2,1-3H3,(H,18,20). The first-order valence-corrected chi connectivity index (χ1v) is 6.58. The molecule has 0 unspecified atom stereocenters. The van der Waals surface area contributed by atoms with E-state index in [4.69, 9.17) is 10.5 Å². The average molecular weight is 285 g/mol. The number of methoxy groups -OCH3 is 1. The number of carbonyl (C=O) groups excluding carboxylic acids is 1. The maximum Gasteiger partial charge on any atom is 0.251 e. The van der Waals surface area contributed by atoms with Crippen molar-refractivity contribution in [2.45, 2.75) is 6.92 Å². The first-order valence-electron chi connectivity index (χ1n) is 6.58. The van der Waals surface area contributed by atoms with Crippen molar-refractivity contribution in [3.63, 3.8) is 0 Å². The molecular formula is C16H19N3O2. The van der Waals surface area contributed by atoms with E-state index in [1.807, 2.05) is 25.1 Å². The summed E-state index contributed by atoms with van der Waals surface area (Å²) in [6.07, 6.45) is 0. The molecule has 0 heterocycles. The fourth-order valence-corrected chi connectivity index (χ4v) is 2.03. The Morgan fingerprint density at radius 2 is 1.90 bits per heavy atom. The predicted molar refractivity (Wildman–Crippen MR) is 85.3 cm³/mol. The van der Waals surface area contributed by atoms with Crippen LogP contribution in [-0.4, -0.2) is 20.1 Å². The van der Waals surface area contributed by atoms with Crippen LogP contribution in [0.5, 0.6) is 5.75 Å². The molecular weight excluding hydrogens is 266 g/mol. The Kier molecular flexibility index (Phi) is 4.33. The molecule has 0 aliphatic carbocycles. The van der Waals surface area contributed by atoms with Gasteiger partial charge in [-0.2, -0.15) is 0 Å². The molecule has 2 aromatic rings. The van der Waals surface area contributed by atoms with E-state index in [2.05, 4.69) is 10.6 Å². The van der Waals surface area contributed by atoms with Crippen LogP contribution in [0.1, 0.15) is 15.9 Å². The van der Waals surface area contributed by atoms with Gasteiger partial charge in [-0.25, -0.2) is 0 Å². The van der Waals surface area contributed by atoms with Crippen LogP contribution >= 0.6 is 0 Å². The smallest absolute Gasteiger partial charge is 0.251 e. The Balaban J connectivity index is 2.32. The highest BCUT2D eigenvalue weighted by Gasteiger charge is 2.09. The molecule has 21 heavy (non-hydrogen) atoms.